The minimum atomic E-state index is -0.754. The number of nitrogens with zero attached hydrogens (tertiary/aromatic N) is 2. The van der Waals surface area contributed by atoms with E-state index in [0.717, 1.165) is 32.2 Å². The van der Waals surface area contributed by atoms with Gasteiger partial charge in [-0.15, -0.1) is 0 Å². The van der Waals surface area contributed by atoms with Gasteiger partial charge in [-0.05, 0) is 39.5 Å². The summed E-state index contributed by atoms with van der Waals surface area (Å²) in [7, 11) is 0. The van der Waals surface area contributed by atoms with E-state index in [2.05, 4.69) is 19.0 Å². The smallest absolute Gasteiger partial charge is 0.236 e. The van der Waals surface area contributed by atoms with Crippen molar-refractivity contribution in [3.05, 3.63) is 0 Å². The second-order valence-corrected chi connectivity index (χ2v) is 6.15. The lowest BCUT2D eigenvalue weighted by Gasteiger charge is -2.38. The van der Waals surface area contributed by atoms with Gasteiger partial charge in [0.25, 0.3) is 0 Å². The number of likely N-dealkylation sites (tertiary alicyclic amines) is 1. The van der Waals surface area contributed by atoms with Gasteiger partial charge in [0.2, 0.25) is 5.91 Å². The summed E-state index contributed by atoms with van der Waals surface area (Å²) in [6.45, 7) is 4.96. The number of nitrogens with two attached hydrogens (primary N) is 1. The van der Waals surface area contributed by atoms with E-state index in [9.17, 15) is 4.79 Å². The molecule has 0 aromatic rings. The lowest BCUT2D eigenvalue weighted by molar-refractivity contribution is -0.141. The monoisotopic (exact) mass is 253 g/mol. The molecule has 0 spiro atoms. The molecule has 2 fully saturated rings. The maximum absolute atomic E-state index is 12.8. The van der Waals surface area contributed by atoms with E-state index in [1.807, 2.05) is 4.90 Å². The van der Waals surface area contributed by atoms with E-state index in [1.54, 1.807) is 0 Å². The molecule has 1 aliphatic carbocycles. The SMILES string of the molecule is CC1(C)CCCN1C(=O)C1(C(N)=NO)CCCC1. The Labute approximate surface area is 108 Å². The second-order valence-electron chi connectivity index (χ2n) is 6.15. The molecule has 3 N–H and O–H groups in total. The summed E-state index contributed by atoms with van der Waals surface area (Å²) in [5, 5.41) is 12.1. The van der Waals surface area contributed by atoms with Gasteiger partial charge < -0.3 is 15.8 Å². The molecular formula is C13H23N3O2. The summed E-state index contributed by atoms with van der Waals surface area (Å²) < 4.78 is 0. The molecule has 0 aromatic carbocycles. The van der Waals surface area contributed by atoms with Crippen LogP contribution >= 0.6 is 0 Å². The Morgan fingerprint density at radius 3 is 2.28 bits per heavy atom. The lowest BCUT2D eigenvalue weighted by atomic mass is 9.82. The van der Waals surface area contributed by atoms with Gasteiger partial charge in [-0.3, -0.25) is 4.79 Å². The minimum Gasteiger partial charge on any atom is -0.409 e. The summed E-state index contributed by atoms with van der Waals surface area (Å²) in [6, 6.07) is 0. The molecule has 1 heterocycles. The largest absolute Gasteiger partial charge is 0.409 e. The van der Waals surface area contributed by atoms with Crippen molar-refractivity contribution in [3.8, 4) is 0 Å². The molecule has 1 aliphatic heterocycles. The Kier molecular flexibility index (Phi) is 3.25. The topological polar surface area (TPSA) is 78.9 Å². The van der Waals surface area contributed by atoms with Crippen LogP contribution in [-0.4, -0.2) is 33.9 Å². The molecule has 0 aromatic heterocycles. The van der Waals surface area contributed by atoms with Crippen molar-refractivity contribution in [2.24, 2.45) is 16.3 Å². The molecule has 102 valence electrons. The van der Waals surface area contributed by atoms with Crippen LogP contribution in [0, 0.1) is 5.41 Å². The maximum Gasteiger partial charge on any atom is 0.236 e. The Balaban J connectivity index is 2.30. The van der Waals surface area contributed by atoms with Crippen LogP contribution in [0.3, 0.4) is 0 Å². The minimum absolute atomic E-state index is 0.0535. The second kappa shape index (κ2) is 4.44. The highest BCUT2D eigenvalue weighted by atomic mass is 16.4. The number of carbonyl (C=O) groups is 1. The number of hydrogen-bond acceptors (Lipinski definition) is 3. The molecule has 0 radical (unpaired) electrons. The summed E-state index contributed by atoms with van der Waals surface area (Å²) in [6.07, 6.45) is 5.39. The zero-order valence-corrected chi connectivity index (χ0v) is 11.3. The highest BCUT2D eigenvalue weighted by molar-refractivity contribution is 6.07. The summed E-state index contributed by atoms with van der Waals surface area (Å²) in [5.74, 6) is 0.144. The highest BCUT2D eigenvalue weighted by Crippen LogP contribution is 2.43. The predicted octanol–water partition coefficient (Wildman–Crippen LogP) is 1.69. The third-order valence-electron chi connectivity index (χ3n) is 4.61. The fourth-order valence-electron chi connectivity index (χ4n) is 3.40. The van der Waals surface area contributed by atoms with E-state index in [4.69, 9.17) is 10.9 Å². The van der Waals surface area contributed by atoms with E-state index in [1.165, 1.54) is 0 Å². The van der Waals surface area contributed by atoms with Crippen LogP contribution in [0.5, 0.6) is 0 Å². The Morgan fingerprint density at radius 2 is 1.83 bits per heavy atom. The van der Waals surface area contributed by atoms with Crippen LogP contribution in [0.4, 0.5) is 0 Å². The molecule has 0 unspecified atom stereocenters. The van der Waals surface area contributed by atoms with Gasteiger partial charge in [-0.25, -0.2) is 0 Å². The first-order valence-corrected chi connectivity index (χ1v) is 6.74. The van der Waals surface area contributed by atoms with Crippen molar-refractivity contribution in [1.29, 1.82) is 0 Å². The molecule has 1 saturated heterocycles. The fourth-order valence-corrected chi connectivity index (χ4v) is 3.40. The highest BCUT2D eigenvalue weighted by Gasteiger charge is 2.51. The van der Waals surface area contributed by atoms with Crippen LogP contribution in [0.1, 0.15) is 52.4 Å². The third kappa shape index (κ3) is 1.85. The molecule has 2 rings (SSSR count). The van der Waals surface area contributed by atoms with Gasteiger partial charge in [-0.1, -0.05) is 18.0 Å². The van der Waals surface area contributed by atoms with E-state index in [-0.39, 0.29) is 17.3 Å². The Bertz CT molecular complexity index is 370. The number of carbonyl (C=O) groups excluding carboxylic acids is 1. The van der Waals surface area contributed by atoms with Crippen LogP contribution in [-0.2, 0) is 4.79 Å². The van der Waals surface area contributed by atoms with Gasteiger partial charge in [0, 0.05) is 12.1 Å². The molecule has 2 aliphatic rings. The van der Waals surface area contributed by atoms with Crippen molar-refractivity contribution < 1.29 is 10.0 Å². The Hall–Kier alpha value is -1.26. The molecule has 1 saturated carbocycles. The predicted molar refractivity (Wildman–Crippen MR) is 69.3 cm³/mol. The summed E-state index contributed by atoms with van der Waals surface area (Å²) >= 11 is 0. The molecular weight excluding hydrogens is 230 g/mol. The molecule has 5 nitrogen and oxygen atoms in total. The van der Waals surface area contributed by atoms with Crippen LogP contribution in [0.15, 0.2) is 5.16 Å². The number of amidine groups is 1. The van der Waals surface area contributed by atoms with Gasteiger partial charge in [0.15, 0.2) is 5.84 Å². The number of rotatable bonds is 2. The average molecular weight is 253 g/mol. The van der Waals surface area contributed by atoms with E-state index < -0.39 is 5.41 Å². The van der Waals surface area contributed by atoms with E-state index >= 15 is 0 Å². The third-order valence-corrected chi connectivity index (χ3v) is 4.61. The first-order valence-electron chi connectivity index (χ1n) is 6.74. The number of amides is 1. The fraction of sp³-hybridized carbons (Fsp3) is 0.846. The van der Waals surface area contributed by atoms with Gasteiger partial charge in [-0.2, -0.15) is 0 Å². The first-order chi connectivity index (χ1) is 8.44. The first kappa shape index (κ1) is 13.2. The summed E-state index contributed by atoms with van der Waals surface area (Å²) in [4.78, 5) is 14.8. The van der Waals surface area contributed by atoms with Crippen molar-refractivity contribution in [2.45, 2.75) is 57.9 Å². The molecule has 5 heteroatoms. The standard InChI is InChI=1S/C13H23N3O2/c1-12(2)6-5-9-16(12)11(17)13(10(14)15-18)7-3-4-8-13/h18H,3-9H2,1-2H3,(H2,14,15). The zero-order valence-electron chi connectivity index (χ0n) is 11.3. The van der Waals surface area contributed by atoms with Gasteiger partial charge in [0.1, 0.15) is 5.41 Å². The Morgan fingerprint density at radius 1 is 1.22 bits per heavy atom. The van der Waals surface area contributed by atoms with Crippen molar-refractivity contribution in [1.82, 2.24) is 4.90 Å². The quantitative estimate of drug-likeness (QED) is 0.340. The van der Waals surface area contributed by atoms with Crippen molar-refractivity contribution in [3.63, 3.8) is 0 Å². The van der Waals surface area contributed by atoms with Crippen LogP contribution in [0.25, 0.3) is 0 Å². The average Bonchev–Trinajstić information content (AvgIpc) is 2.94. The van der Waals surface area contributed by atoms with E-state index in [0.29, 0.717) is 12.8 Å². The number of hydrogen-bond donors (Lipinski definition) is 2. The molecule has 18 heavy (non-hydrogen) atoms. The van der Waals surface area contributed by atoms with Crippen molar-refractivity contribution in [2.75, 3.05) is 6.54 Å². The number of oxime groups is 1. The summed E-state index contributed by atoms with van der Waals surface area (Å²) in [5.41, 5.74) is 4.96. The molecule has 1 amide bonds. The lowest BCUT2D eigenvalue weighted by Crippen LogP contribution is -2.54. The maximum atomic E-state index is 12.8. The van der Waals surface area contributed by atoms with Crippen molar-refractivity contribution >= 4 is 11.7 Å². The van der Waals surface area contributed by atoms with Crippen LogP contribution < -0.4 is 5.73 Å². The molecule has 0 bridgehead atoms. The van der Waals surface area contributed by atoms with Gasteiger partial charge in [0.05, 0.1) is 0 Å². The normalized spacial score (nSPS) is 26.6. The van der Waals surface area contributed by atoms with Crippen LogP contribution in [0.2, 0.25) is 0 Å². The van der Waals surface area contributed by atoms with Gasteiger partial charge >= 0.3 is 0 Å². The zero-order chi connectivity index (χ0) is 13.4. The molecule has 0 atom stereocenters.